The zero-order valence-corrected chi connectivity index (χ0v) is 17.7. The molecule has 0 radical (unpaired) electrons. The van der Waals surface area contributed by atoms with E-state index in [4.69, 9.17) is 4.74 Å². The topological polar surface area (TPSA) is 78.9 Å². The molecule has 6 heteroatoms. The molecule has 0 spiro atoms. The Hall–Kier alpha value is -2.70. The van der Waals surface area contributed by atoms with Crippen molar-refractivity contribution >= 4 is 17.5 Å². The Kier molecular flexibility index (Phi) is 6.99. The predicted octanol–water partition coefficient (Wildman–Crippen LogP) is 3.67. The van der Waals surface area contributed by atoms with Gasteiger partial charge < -0.3 is 20.1 Å². The largest absolute Gasteiger partial charge is 0.386 e. The molecule has 6 nitrogen and oxygen atoms in total. The van der Waals surface area contributed by atoms with Crippen molar-refractivity contribution in [2.75, 3.05) is 18.5 Å². The van der Waals surface area contributed by atoms with Crippen molar-refractivity contribution in [3.05, 3.63) is 65.7 Å². The van der Waals surface area contributed by atoms with Crippen molar-refractivity contribution in [1.29, 1.82) is 0 Å². The van der Waals surface area contributed by atoms with E-state index in [9.17, 15) is 14.7 Å². The number of nitrogens with zero attached hydrogens (tertiary/aromatic N) is 1. The van der Waals surface area contributed by atoms with E-state index in [0.717, 1.165) is 36.9 Å². The number of aliphatic hydroxyl groups is 1. The number of nitrogens with one attached hydrogen (secondary N) is 1. The van der Waals surface area contributed by atoms with Crippen LogP contribution in [0.15, 0.2) is 54.6 Å². The second-order valence-electron chi connectivity index (χ2n) is 8.48. The van der Waals surface area contributed by atoms with Crippen LogP contribution in [-0.2, 0) is 20.9 Å². The van der Waals surface area contributed by atoms with Crippen LogP contribution in [0.2, 0.25) is 0 Å². The fourth-order valence-corrected chi connectivity index (χ4v) is 4.47. The van der Waals surface area contributed by atoms with Gasteiger partial charge in [-0.2, -0.15) is 0 Å². The van der Waals surface area contributed by atoms with Crippen molar-refractivity contribution in [1.82, 2.24) is 4.90 Å². The van der Waals surface area contributed by atoms with Crippen LogP contribution < -0.4 is 5.32 Å². The molecular weight excluding hydrogens is 392 g/mol. The van der Waals surface area contributed by atoms with Gasteiger partial charge in [-0.25, -0.2) is 0 Å². The van der Waals surface area contributed by atoms with E-state index in [0.29, 0.717) is 12.1 Å². The third kappa shape index (κ3) is 5.32. The Labute approximate surface area is 183 Å². The molecule has 2 fully saturated rings. The number of benzene rings is 2. The Morgan fingerprint density at radius 3 is 2.48 bits per heavy atom. The number of rotatable bonds is 6. The number of carbonyl (C=O) groups is 2. The van der Waals surface area contributed by atoms with Gasteiger partial charge in [0, 0.05) is 18.2 Å². The van der Waals surface area contributed by atoms with E-state index in [1.165, 1.54) is 6.42 Å². The molecule has 31 heavy (non-hydrogen) atoms. The van der Waals surface area contributed by atoms with E-state index < -0.39 is 12.1 Å². The molecule has 1 heterocycles. The standard InChI is InChI=1S/C25H30N2O4/c28-23-17-31-16-22(27(23)15-18-7-3-1-4-8-18)24(29)19-11-13-21(14-12-19)26-25(30)20-9-5-2-6-10-20/h1,3-4,7-8,11-14,20,22,24,29H,2,5-6,9-10,15-17H2,(H,26,30)/t22-,24-/m1/s1. The molecule has 1 aliphatic heterocycles. The minimum atomic E-state index is -0.879. The first-order valence-corrected chi connectivity index (χ1v) is 11.1. The highest BCUT2D eigenvalue weighted by molar-refractivity contribution is 5.92. The minimum Gasteiger partial charge on any atom is -0.386 e. The van der Waals surface area contributed by atoms with Gasteiger partial charge in [-0.15, -0.1) is 0 Å². The molecule has 2 aromatic rings. The molecule has 2 aliphatic rings. The van der Waals surface area contributed by atoms with E-state index in [1.807, 2.05) is 42.5 Å². The third-order valence-electron chi connectivity index (χ3n) is 6.29. The van der Waals surface area contributed by atoms with Crippen molar-refractivity contribution in [2.45, 2.75) is 50.8 Å². The highest BCUT2D eigenvalue weighted by atomic mass is 16.5. The second-order valence-corrected chi connectivity index (χ2v) is 8.48. The first-order valence-electron chi connectivity index (χ1n) is 11.1. The molecule has 2 aromatic carbocycles. The third-order valence-corrected chi connectivity index (χ3v) is 6.29. The number of aliphatic hydroxyl groups excluding tert-OH is 1. The monoisotopic (exact) mass is 422 g/mol. The Bertz CT molecular complexity index is 878. The van der Waals surface area contributed by atoms with Gasteiger partial charge in [0.2, 0.25) is 11.8 Å². The van der Waals surface area contributed by atoms with E-state index in [1.54, 1.807) is 17.0 Å². The van der Waals surface area contributed by atoms with Crippen LogP contribution in [-0.4, -0.2) is 41.1 Å². The molecule has 2 N–H and O–H groups in total. The van der Waals surface area contributed by atoms with Gasteiger partial charge in [0.15, 0.2) is 0 Å². The fourth-order valence-electron chi connectivity index (χ4n) is 4.47. The summed E-state index contributed by atoms with van der Waals surface area (Å²) in [5.41, 5.74) is 2.43. The van der Waals surface area contributed by atoms with Gasteiger partial charge in [0.05, 0.1) is 12.6 Å². The lowest BCUT2D eigenvalue weighted by molar-refractivity contribution is -0.155. The number of ether oxygens (including phenoxy) is 1. The van der Waals surface area contributed by atoms with Gasteiger partial charge in [-0.05, 0) is 36.1 Å². The summed E-state index contributed by atoms with van der Waals surface area (Å²) >= 11 is 0. The fraction of sp³-hybridized carbons (Fsp3) is 0.440. The summed E-state index contributed by atoms with van der Waals surface area (Å²) in [6, 6.07) is 16.5. The van der Waals surface area contributed by atoms with Gasteiger partial charge in [-0.1, -0.05) is 61.7 Å². The van der Waals surface area contributed by atoms with Crippen LogP contribution in [0.4, 0.5) is 5.69 Å². The lowest BCUT2D eigenvalue weighted by Gasteiger charge is -2.38. The van der Waals surface area contributed by atoms with E-state index in [2.05, 4.69) is 5.32 Å². The van der Waals surface area contributed by atoms with Crippen molar-refractivity contribution in [2.24, 2.45) is 5.92 Å². The van der Waals surface area contributed by atoms with Crippen LogP contribution in [0.25, 0.3) is 0 Å². The molecule has 1 aliphatic carbocycles. The highest BCUT2D eigenvalue weighted by Crippen LogP contribution is 2.28. The normalized spacial score (nSPS) is 21.0. The van der Waals surface area contributed by atoms with E-state index in [-0.39, 0.29) is 30.9 Å². The number of hydrogen-bond acceptors (Lipinski definition) is 4. The molecule has 2 atom stereocenters. The quantitative estimate of drug-likeness (QED) is 0.745. The van der Waals surface area contributed by atoms with Crippen molar-refractivity contribution < 1.29 is 19.4 Å². The summed E-state index contributed by atoms with van der Waals surface area (Å²) in [4.78, 5) is 26.7. The number of amides is 2. The van der Waals surface area contributed by atoms with Crippen molar-refractivity contribution in [3.63, 3.8) is 0 Å². The zero-order chi connectivity index (χ0) is 21.6. The SMILES string of the molecule is O=C(Nc1ccc([C@@H](O)[C@H]2COCC(=O)N2Cc2ccccc2)cc1)C1CCCCC1. The second kappa shape index (κ2) is 10.1. The first kappa shape index (κ1) is 21.5. The molecule has 4 rings (SSSR count). The highest BCUT2D eigenvalue weighted by Gasteiger charge is 2.34. The van der Waals surface area contributed by atoms with Gasteiger partial charge in [-0.3, -0.25) is 9.59 Å². The number of carbonyl (C=O) groups excluding carboxylic acids is 2. The minimum absolute atomic E-state index is 0.0300. The maximum atomic E-state index is 12.5. The Morgan fingerprint density at radius 1 is 1.06 bits per heavy atom. The molecule has 0 bridgehead atoms. The molecule has 1 saturated carbocycles. The maximum absolute atomic E-state index is 12.5. The van der Waals surface area contributed by atoms with Crippen LogP contribution in [0.3, 0.4) is 0 Å². The first-order chi connectivity index (χ1) is 15.1. The van der Waals surface area contributed by atoms with E-state index >= 15 is 0 Å². The average molecular weight is 423 g/mol. The summed E-state index contributed by atoms with van der Waals surface area (Å²) < 4.78 is 5.44. The van der Waals surface area contributed by atoms with Crippen LogP contribution in [0.1, 0.15) is 49.3 Å². The molecule has 0 aromatic heterocycles. The lowest BCUT2D eigenvalue weighted by Crippen LogP contribution is -2.51. The molecular formula is C25H30N2O4. The number of anilines is 1. The smallest absolute Gasteiger partial charge is 0.249 e. The maximum Gasteiger partial charge on any atom is 0.249 e. The number of hydrogen-bond donors (Lipinski definition) is 2. The summed E-state index contributed by atoms with van der Waals surface area (Å²) in [7, 11) is 0. The summed E-state index contributed by atoms with van der Waals surface area (Å²) in [5.74, 6) is 0.0415. The lowest BCUT2D eigenvalue weighted by atomic mass is 9.88. The zero-order valence-electron chi connectivity index (χ0n) is 17.7. The molecule has 164 valence electrons. The predicted molar refractivity (Wildman–Crippen MR) is 118 cm³/mol. The molecule has 2 amide bonds. The summed E-state index contributed by atoms with van der Waals surface area (Å²) in [6.07, 6.45) is 4.47. The Balaban J connectivity index is 1.42. The number of morpholine rings is 1. The summed E-state index contributed by atoms with van der Waals surface area (Å²) in [6.45, 7) is 0.738. The Morgan fingerprint density at radius 2 is 1.77 bits per heavy atom. The van der Waals surface area contributed by atoms with Gasteiger partial charge in [0.1, 0.15) is 12.7 Å². The van der Waals surface area contributed by atoms with Gasteiger partial charge >= 0.3 is 0 Å². The van der Waals surface area contributed by atoms with Crippen LogP contribution in [0.5, 0.6) is 0 Å². The van der Waals surface area contributed by atoms with Crippen LogP contribution >= 0.6 is 0 Å². The van der Waals surface area contributed by atoms with Gasteiger partial charge in [0.25, 0.3) is 0 Å². The van der Waals surface area contributed by atoms with Crippen LogP contribution in [0, 0.1) is 5.92 Å². The van der Waals surface area contributed by atoms with Crippen molar-refractivity contribution in [3.8, 4) is 0 Å². The molecule has 0 unspecified atom stereocenters. The summed E-state index contributed by atoms with van der Waals surface area (Å²) in [5, 5.41) is 14.0. The molecule has 1 saturated heterocycles. The average Bonchev–Trinajstić information content (AvgIpc) is 2.82.